The van der Waals surface area contributed by atoms with Gasteiger partial charge in [0.05, 0.1) is 0 Å². The Morgan fingerprint density at radius 3 is 2.48 bits per heavy atom. The highest BCUT2D eigenvalue weighted by Crippen LogP contribution is 2.26. The molecule has 0 spiro atoms. The largest absolute Gasteiger partial charge is 0.454 e. The smallest absolute Gasteiger partial charge is 0.355 e. The molecule has 0 atom stereocenters. The van der Waals surface area contributed by atoms with E-state index in [9.17, 15) is 14.0 Å². The Kier molecular flexibility index (Phi) is 6.19. The molecule has 2 aromatic carbocycles. The highest BCUT2D eigenvalue weighted by molar-refractivity contribution is 5.97. The summed E-state index contributed by atoms with van der Waals surface area (Å²) in [7, 11) is 0. The lowest BCUT2D eigenvalue weighted by atomic mass is 10.1. The fourth-order valence-corrected chi connectivity index (χ4v) is 2.64. The SMILES string of the molecule is CC(=O)N/C(=C\c1ccccc1)C(=O)OCc1noc(-c2ccc(F)cc2)c1C. The summed E-state index contributed by atoms with van der Waals surface area (Å²) in [5.74, 6) is -0.969. The summed E-state index contributed by atoms with van der Waals surface area (Å²) < 4.78 is 23.7. The van der Waals surface area contributed by atoms with E-state index in [2.05, 4.69) is 10.5 Å². The van der Waals surface area contributed by atoms with Crippen molar-refractivity contribution in [1.82, 2.24) is 10.5 Å². The lowest BCUT2D eigenvalue weighted by Crippen LogP contribution is -2.26. The normalized spacial score (nSPS) is 11.2. The molecule has 0 saturated heterocycles. The number of carbonyl (C=O) groups is 2. The Hall–Kier alpha value is -3.74. The van der Waals surface area contributed by atoms with Crippen LogP contribution in [0.1, 0.15) is 23.7 Å². The summed E-state index contributed by atoms with van der Waals surface area (Å²) in [6.07, 6.45) is 1.53. The number of nitrogens with zero attached hydrogens (tertiary/aromatic N) is 1. The summed E-state index contributed by atoms with van der Waals surface area (Å²) >= 11 is 0. The second kappa shape index (κ2) is 8.97. The third-order valence-electron chi connectivity index (χ3n) is 4.11. The quantitative estimate of drug-likeness (QED) is 0.505. The first kappa shape index (κ1) is 20.0. The van der Waals surface area contributed by atoms with Crippen LogP contribution in [0.15, 0.2) is 64.8 Å². The van der Waals surface area contributed by atoms with Crippen LogP contribution in [-0.2, 0) is 20.9 Å². The van der Waals surface area contributed by atoms with Crippen LogP contribution in [0.25, 0.3) is 17.4 Å². The van der Waals surface area contributed by atoms with Crippen molar-refractivity contribution >= 4 is 18.0 Å². The monoisotopic (exact) mass is 394 g/mol. The summed E-state index contributed by atoms with van der Waals surface area (Å²) in [4.78, 5) is 23.9. The number of carbonyl (C=O) groups excluding carboxylic acids is 2. The molecule has 0 aliphatic carbocycles. The minimum Gasteiger partial charge on any atom is -0.454 e. The van der Waals surface area contributed by atoms with Gasteiger partial charge >= 0.3 is 5.97 Å². The van der Waals surface area contributed by atoms with Crippen molar-refractivity contribution in [2.24, 2.45) is 0 Å². The maximum Gasteiger partial charge on any atom is 0.355 e. The Labute approximate surface area is 167 Å². The molecule has 148 valence electrons. The average Bonchev–Trinajstić information content (AvgIpc) is 3.07. The average molecular weight is 394 g/mol. The number of amides is 1. The first-order chi connectivity index (χ1) is 13.9. The molecule has 1 N–H and O–H groups in total. The molecule has 0 aliphatic heterocycles. The Morgan fingerprint density at radius 1 is 1.14 bits per heavy atom. The van der Waals surface area contributed by atoms with E-state index in [0.717, 1.165) is 5.56 Å². The lowest BCUT2D eigenvalue weighted by Gasteiger charge is -2.08. The maximum absolute atomic E-state index is 13.1. The number of hydrogen-bond donors (Lipinski definition) is 1. The fourth-order valence-electron chi connectivity index (χ4n) is 2.64. The molecule has 0 unspecified atom stereocenters. The number of hydrogen-bond acceptors (Lipinski definition) is 5. The molecule has 0 fully saturated rings. The zero-order chi connectivity index (χ0) is 20.8. The molecule has 3 aromatic rings. The van der Waals surface area contributed by atoms with Gasteiger partial charge < -0.3 is 14.6 Å². The van der Waals surface area contributed by atoms with Crippen LogP contribution in [0.3, 0.4) is 0 Å². The van der Waals surface area contributed by atoms with Gasteiger partial charge in [0.15, 0.2) is 5.76 Å². The molecule has 1 aromatic heterocycles. The van der Waals surface area contributed by atoms with E-state index >= 15 is 0 Å². The molecule has 0 saturated carbocycles. The van der Waals surface area contributed by atoms with Crippen molar-refractivity contribution in [3.05, 3.63) is 82.9 Å². The number of rotatable bonds is 6. The van der Waals surface area contributed by atoms with Crippen LogP contribution in [0, 0.1) is 12.7 Å². The van der Waals surface area contributed by atoms with Crippen molar-refractivity contribution in [2.45, 2.75) is 20.5 Å². The summed E-state index contributed by atoms with van der Waals surface area (Å²) in [6, 6.07) is 14.9. The predicted octanol–water partition coefficient (Wildman–Crippen LogP) is 4.01. The molecule has 3 rings (SSSR count). The van der Waals surface area contributed by atoms with Gasteiger partial charge in [-0.2, -0.15) is 0 Å². The number of nitrogens with one attached hydrogen (secondary N) is 1. The van der Waals surface area contributed by atoms with Crippen molar-refractivity contribution in [3.63, 3.8) is 0 Å². The molecule has 0 radical (unpaired) electrons. The van der Waals surface area contributed by atoms with E-state index < -0.39 is 5.97 Å². The zero-order valence-electron chi connectivity index (χ0n) is 15.9. The van der Waals surface area contributed by atoms with Crippen LogP contribution in [-0.4, -0.2) is 17.0 Å². The van der Waals surface area contributed by atoms with Gasteiger partial charge in [0.25, 0.3) is 0 Å². The fraction of sp³-hybridized carbons (Fsp3) is 0.136. The number of halogens is 1. The van der Waals surface area contributed by atoms with Crippen molar-refractivity contribution in [3.8, 4) is 11.3 Å². The molecular weight excluding hydrogens is 375 g/mol. The van der Waals surface area contributed by atoms with Crippen LogP contribution >= 0.6 is 0 Å². The van der Waals surface area contributed by atoms with Gasteiger partial charge in [0.1, 0.15) is 23.8 Å². The second-order valence-electron chi connectivity index (χ2n) is 6.32. The first-order valence-electron chi connectivity index (χ1n) is 8.86. The Bertz CT molecular complexity index is 1040. The van der Waals surface area contributed by atoms with Crippen LogP contribution in [0.2, 0.25) is 0 Å². The molecule has 0 bridgehead atoms. The topological polar surface area (TPSA) is 81.4 Å². The molecule has 7 heteroatoms. The first-order valence-corrected chi connectivity index (χ1v) is 8.86. The van der Waals surface area contributed by atoms with Gasteiger partial charge in [0, 0.05) is 18.1 Å². The third-order valence-corrected chi connectivity index (χ3v) is 4.11. The molecular formula is C22H19FN2O4. The van der Waals surface area contributed by atoms with E-state index in [1.165, 1.54) is 25.1 Å². The molecule has 6 nitrogen and oxygen atoms in total. The zero-order valence-corrected chi connectivity index (χ0v) is 15.9. The van der Waals surface area contributed by atoms with Gasteiger partial charge in [-0.1, -0.05) is 35.5 Å². The lowest BCUT2D eigenvalue weighted by molar-refractivity contribution is -0.141. The summed E-state index contributed by atoms with van der Waals surface area (Å²) in [5.41, 5.74) is 2.53. The highest BCUT2D eigenvalue weighted by Gasteiger charge is 2.18. The van der Waals surface area contributed by atoms with E-state index in [1.807, 2.05) is 18.2 Å². The van der Waals surface area contributed by atoms with E-state index in [1.54, 1.807) is 31.2 Å². The summed E-state index contributed by atoms with van der Waals surface area (Å²) in [6.45, 7) is 2.94. The van der Waals surface area contributed by atoms with E-state index in [4.69, 9.17) is 9.26 Å². The molecule has 1 heterocycles. The van der Waals surface area contributed by atoms with E-state index in [-0.39, 0.29) is 24.0 Å². The maximum atomic E-state index is 13.1. The van der Waals surface area contributed by atoms with Crippen molar-refractivity contribution < 1.29 is 23.2 Å². The van der Waals surface area contributed by atoms with Crippen molar-refractivity contribution in [1.29, 1.82) is 0 Å². The third kappa shape index (κ3) is 5.16. The van der Waals surface area contributed by atoms with E-state index in [0.29, 0.717) is 22.6 Å². The van der Waals surface area contributed by atoms with Gasteiger partial charge in [0.2, 0.25) is 5.91 Å². The number of benzene rings is 2. The summed E-state index contributed by atoms with van der Waals surface area (Å²) in [5, 5.41) is 6.42. The molecule has 0 aliphatic rings. The minimum absolute atomic E-state index is 0.0172. The number of esters is 1. The second-order valence-corrected chi connectivity index (χ2v) is 6.32. The van der Waals surface area contributed by atoms with Gasteiger partial charge in [-0.3, -0.25) is 4.79 Å². The van der Waals surface area contributed by atoms with Crippen molar-refractivity contribution in [2.75, 3.05) is 0 Å². The Balaban J connectivity index is 1.74. The highest BCUT2D eigenvalue weighted by atomic mass is 19.1. The molecule has 1 amide bonds. The van der Waals surface area contributed by atoms with Gasteiger partial charge in [-0.05, 0) is 42.8 Å². The number of aromatic nitrogens is 1. The van der Waals surface area contributed by atoms with Crippen LogP contribution < -0.4 is 5.32 Å². The standard InChI is InChI=1S/C22H19FN2O4/c1-14-20(25-29-21(14)17-8-10-18(23)11-9-17)13-28-22(27)19(24-15(2)26)12-16-6-4-3-5-7-16/h3-12H,13H2,1-2H3,(H,24,26)/b19-12-. The molecule has 29 heavy (non-hydrogen) atoms. The predicted molar refractivity (Wildman–Crippen MR) is 105 cm³/mol. The number of ether oxygens (including phenoxy) is 1. The van der Waals surface area contributed by atoms with Crippen LogP contribution in [0.5, 0.6) is 0 Å². The van der Waals surface area contributed by atoms with Gasteiger partial charge in [-0.25, -0.2) is 9.18 Å². The van der Waals surface area contributed by atoms with Gasteiger partial charge in [-0.15, -0.1) is 0 Å². The van der Waals surface area contributed by atoms with Crippen LogP contribution in [0.4, 0.5) is 4.39 Å². The minimum atomic E-state index is -0.699. The Morgan fingerprint density at radius 2 is 1.83 bits per heavy atom.